The first-order chi connectivity index (χ1) is 10.9. The molecule has 122 valence electrons. The van der Waals surface area contributed by atoms with Crippen molar-refractivity contribution < 1.29 is 17.9 Å². The van der Waals surface area contributed by atoms with E-state index in [2.05, 4.69) is 10.0 Å². The predicted molar refractivity (Wildman–Crippen MR) is 89.2 cm³/mol. The Balaban J connectivity index is 1.88. The number of anilines is 2. The van der Waals surface area contributed by atoms with Gasteiger partial charge in [-0.25, -0.2) is 8.60 Å². The van der Waals surface area contributed by atoms with E-state index >= 15 is 0 Å². The highest BCUT2D eigenvalue weighted by molar-refractivity contribution is 7.80. The number of carbonyl (C=O) groups is 1. The summed E-state index contributed by atoms with van der Waals surface area (Å²) in [6.45, 7) is 0. The Labute approximate surface area is 140 Å². The third-order valence-electron chi connectivity index (χ3n) is 3.01. The highest BCUT2D eigenvalue weighted by Crippen LogP contribution is 2.17. The zero-order valence-electron chi connectivity index (χ0n) is 11.9. The molecule has 0 saturated heterocycles. The van der Waals surface area contributed by atoms with Crippen LogP contribution in [0.2, 0.25) is 5.02 Å². The summed E-state index contributed by atoms with van der Waals surface area (Å²) in [5, 5.41) is 2.98. The van der Waals surface area contributed by atoms with E-state index in [1.165, 1.54) is 6.07 Å². The van der Waals surface area contributed by atoms with Gasteiger partial charge in [-0.1, -0.05) is 17.7 Å². The van der Waals surface area contributed by atoms with Gasteiger partial charge in [0.15, 0.2) is 0 Å². The fourth-order valence-corrected chi connectivity index (χ4v) is 2.42. The van der Waals surface area contributed by atoms with Gasteiger partial charge in [-0.2, -0.15) is 0 Å². The molecule has 1 atom stereocenters. The zero-order valence-corrected chi connectivity index (χ0v) is 13.5. The van der Waals surface area contributed by atoms with Gasteiger partial charge in [0.25, 0.3) is 11.3 Å². The van der Waals surface area contributed by atoms with Crippen LogP contribution >= 0.6 is 11.6 Å². The Hall–Kier alpha value is -1.96. The fourth-order valence-electron chi connectivity index (χ4n) is 1.92. The van der Waals surface area contributed by atoms with E-state index in [9.17, 15) is 13.4 Å². The van der Waals surface area contributed by atoms with Crippen LogP contribution in [0.25, 0.3) is 0 Å². The van der Waals surface area contributed by atoms with Crippen LogP contribution in [0.5, 0.6) is 0 Å². The van der Waals surface area contributed by atoms with Gasteiger partial charge in [-0.05, 0) is 48.4 Å². The molecule has 0 radical (unpaired) electrons. The number of nitrogens with one attached hydrogen (secondary N) is 2. The van der Waals surface area contributed by atoms with E-state index in [1.807, 2.05) is 0 Å². The number of benzene rings is 2. The number of aryl methyl sites for hydroxylation is 1. The average molecular weight is 357 g/mol. The molecule has 8 heteroatoms. The first-order valence-electron chi connectivity index (χ1n) is 6.65. The van der Waals surface area contributed by atoms with Crippen molar-refractivity contribution in [2.45, 2.75) is 12.8 Å². The van der Waals surface area contributed by atoms with Gasteiger partial charge in [0, 0.05) is 22.8 Å². The number of hydrogen-bond donors (Lipinski definition) is 3. The van der Waals surface area contributed by atoms with Crippen LogP contribution in [-0.4, -0.2) is 14.7 Å². The normalized spacial score (nSPS) is 11.8. The molecule has 0 fully saturated rings. The largest absolute Gasteiger partial charge is 0.326 e. The van der Waals surface area contributed by atoms with Crippen LogP contribution in [0, 0.1) is 5.82 Å². The molecule has 0 saturated carbocycles. The number of rotatable bonds is 6. The Morgan fingerprint density at radius 3 is 2.43 bits per heavy atom. The lowest BCUT2D eigenvalue weighted by atomic mass is 10.1. The molecule has 1 unspecified atom stereocenters. The van der Waals surface area contributed by atoms with Gasteiger partial charge in [-0.15, -0.1) is 0 Å². The summed E-state index contributed by atoms with van der Waals surface area (Å²) in [5.74, 6) is -0.691. The molecular weight excluding hydrogens is 343 g/mol. The maximum absolute atomic E-state index is 13.6. The summed E-state index contributed by atoms with van der Waals surface area (Å²) >= 11 is 3.53. The van der Waals surface area contributed by atoms with E-state index in [4.69, 9.17) is 16.2 Å². The summed E-state index contributed by atoms with van der Waals surface area (Å²) in [4.78, 5) is 11.9. The second-order valence-corrected chi connectivity index (χ2v) is 5.85. The van der Waals surface area contributed by atoms with Crippen molar-refractivity contribution in [3.05, 3.63) is 58.9 Å². The van der Waals surface area contributed by atoms with Crippen LogP contribution in [0.1, 0.15) is 12.0 Å². The lowest BCUT2D eigenvalue weighted by molar-refractivity contribution is -0.116. The topological polar surface area (TPSA) is 78.4 Å². The number of carbonyl (C=O) groups excluding carboxylic acids is 1. The van der Waals surface area contributed by atoms with Gasteiger partial charge >= 0.3 is 0 Å². The molecule has 23 heavy (non-hydrogen) atoms. The highest BCUT2D eigenvalue weighted by atomic mass is 35.5. The van der Waals surface area contributed by atoms with Crippen molar-refractivity contribution in [2.75, 3.05) is 10.0 Å². The summed E-state index contributed by atoms with van der Waals surface area (Å²) in [6, 6.07) is 10.7. The summed E-state index contributed by atoms with van der Waals surface area (Å²) in [6.07, 6.45) is 0.386. The second kappa shape index (κ2) is 8.05. The van der Waals surface area contributed by atoms with Crippen LogP contribution in [0.4, 0.5) is 15.8 Å². The van der Waals surface area contributed by atoms with Crippen LogP contribution in [-0.2, 0) is 22.5 Å². The van der Waals surface area contributed by atoms with Crippen molar-refractivity contribution >= 4 is 40.1 Å². The van der Waals surface area contributed by atoms with Crippen molar-refractivity contribution in [1.29, 1.82) is 0 Å². The minimum atomic E-state index is -2.14. The van der Waals surface area contributed by atoms with Gasteiger partial charge in [0.05, 0.1) is 0 Å². The minimum absolute atomic E-state index is 0.124. The Morgan fingerprint density at radius 1 is 1.17 bits per heavy atom. The Bertz CT molecular complexity index is 725. The standard InChI is InChI=1S/C15H14ClFN2O3S/c16-11-3-1-10(14(17)9-11)2-8-15(20)18-12-4-6-13(7-5-12)19-23(21)22/h1,3-7,9,19H,2,8H2,(H,18,20)(H,21,22). The van der Waals surface area contributed by atoms with Crippen LogP contribution in [0.3, 0.4) is 0 Å². The molecule has 2 aromatic carbocycles. The van der Waals surface area contributed by atoms with Gasteiger partial charge in [-0.3, -0.25) is 14.1 Å². The van der Waals surface area contributed by atoms with Gasteiger partial charge in [0.1, 0.15) is 5.82 Å². The average Bonchev–Trinajstić information content (AvgIpc) is 2.48. The lowest BCUT2D eigenvalue weighted by Crippen LogP contribution is -2.12. The smallest absolute Gasteiger partial charge is 0.259 e. The first kappa shape index (κ1) is 17.4. The van der Waals surface area contributed by atoms with E-state index in [0.717, 1.165) is 0 Å². The van der Waals surface area contributed by atoms with Crippen molar-refractivity contribution in [3.63, 3.8) is 0 Å². The number of hydrogen-bond acceptors (Lipinski definition) is 2. The molecule has 5 nitrogen and oxygen atoms in total. The molecule has 2 aromatic rings. The van der Waals surface area contributed by atoms with E-state index < -0.39 is 17.1 Å². The fraction of sp³-hybridized carbons (Fsp3) is 0.133. The maximum Gasteiger partial charge on any atom is 0.259 e. The van der Waals surface area contributed by atoms with Crippen molar-refractivity contribution in [1.82, 2.24) is 0 Å². The molecule has 2 rings (SSSR count). The van der Waals surface area contributed by atoms with Gasteiger partial charge in [0.2, 0.25) is 5.91 Å². The maximum atomic E-state index is 13.6. The summed E-state index contributed by atoms with van der Waals surface area (Å²) in [5.41, 5.74) is 1.42. The summed E-state index contributed by atoms with van der Waals surface area (Å²) < 4.78 is 35.2. The van der Waals surface area contributed by atoms with Crippen molar-refractivity contribution in [3.8, 4) is 0 Å². The molecule has 0 aliphatic rings. The third kappa shape index (κ3) is 5.63. The number of halogens is 2. The second-order valence-electron chi connectivity index (χ2n) is 4.71. The van der Waals surface area contributed by atoms with Crippen LogP contribution < -0.4 is 10.0 Å². The van der Waals surface area contributed by atoms with E-state index in [-0.39, 0.29) is 18.7 Å². The molecule has 1 amide bonds. The number of amides is 1. The van der Waals surface area contributed by atoms with E-state index in [0.29, 0.717) is 22.0 Å². The highest BCUT2D eigenvalue weighted by Gasteiger charge is 2.07. The third-order valence-corrected chi connectivity index (χ3v) is 3.66. The van der Waals surface area contributed by atoms with Crippen molar-refractivity contribution in [2.24, 2.45) is 0 Å². The lowest BCUT2D eigenvalue weighted by Gasteiger charge is -2.07. The SMILES string of the molecule is O=C(CCc1ccc(Cl)cc1F)Nc1ccc(NS(=O)O)cc1. The van der Waals surface area contributed by atoms with E-state index in [1.54, 1.807) is 36.4 Å². The molecule has 3 N–H and O–H groups in total. The molecule has 0 heterocycles. The minimum Gasteiger partial charge on any atom is -0.326 e. The summed E-state index contributed by atoms with van der Waals surface area (Å²) in [7, 11) is 0. The first-order valence-corrected chi connectivity index (χ1v) is 8.14. The zero-order chi connectivity index (χ0) is 16.8. The predicted octanol–water partition coefficient (Wildman–Crippen LogP) is 3.60. The molecule has 0 spiro atoms. The van der Waals surface area contributed by atoms with Crippen LogP contribution in [0.15, 0.2) is 42.5 Å². The molecule has 0 bridgehead atoms. The van der Waals surface area contributed by atoms with Gasteiger partial charge < -0.3 is 5.32 Å². The molecule has 0 aliphatic carbocycles. The molecular formula is C15H14ClFN2O3S. The Kier molecular flexibility index (Phi) is 6.09. The Morgan fingerprint density at radius 2 is 1.83 bits per heavy atom. The molecule has 0 aromatic heterocycles. The molecule has 0 aliphatic heterocycles. The monoisotopic (exact) mass is 356 g/mol. The quantitative estimate of drug-likeness (QED) is 0.692.